The van der Waals surface area contributed by atoms with Crippen LogP contribution in [-0.2, 0) is 19.1 Å². The van der Waals surface area contributed by atoms with Crippen LogP contribution >= 0.6 is 11.6 Å². The first kappa shape index (κ1) is 10.1. The highest BCUT2D eigenvalue weighted by Gasteiger charge is 2.07. The Bertz CT molecular complexity index is 187. The number of rotatable bonds is 4. The molecule has 0 bridgehead atoms. The van der Waals surface area contributed by atoms with E-state index in [1.807, 2.05) is 0 Å². The lowest BCUT2D eigenvalue weighted by Crippen LogP contribution is -2.12. The molecule has 4 nitrogen and oxygen atoms in total. The summed E-state index contributed by atoms with van der Waals surface area (Å²) in [5.41, 5.74) is 0. The number of esters is 1. The molecule has 0 aromatic heterocycles. The second kappa shape index (κ2) is 4.85. The van der Waals surface area contributed by atoms with Gasteiger partial charge in [0.1, 0.15) is 12.2 Å². The van der Waals surface area contributed by atoms with Crippen molar-refractivity contribution in [3.05, 3.63) is 0 Å². The Morgan fingerprint density at radius 1 is 1.36 bits per heavy atom. The minimum atomic E-state index is -0.762. The summed E-state index contributed by atoms with van der Waals surface area (Å²) < 4.78 is 4.27. The van der Waals surface area contributed by atoms with Crippen LogP contribution < -0.4 is 0 Å². The van der Waals surface area contributed by atoms with Crippen molar-refractivity contribution in [2.45, 2.75) is 13.3 Å². The van der Waals surface area contributed by atoms with E-state index in [0.717, 1.165) is 0 Å². The van der Waals surface area contributed by atoms with Crippen LogP contribution in [0.4, 0.5) is 0 Å². The number of ketones is 1. The first-order valence-corrected chi connectivity index (χ1v) is 3.23. The quantitative estimate of drug-likeness (QED) is 0.352. The summed E-state index contributed by atoms with van der Waals surface area (Å²) in [6.45, 7) is 0.775. The largest absolute Gasteiger partial charge is 0.456 e. The fourth-order valence-electron chi connectivity index (χ4n) is 0.392. The zero-order chi connectivity index (χ0) is 8.85. The maximum atomic E-state index is 10.5. The van der Waals surface area contributed by atoms with E-state index < -0.39 is 17.8 Å². The summed E-state index contributed by atoms with van der Waals surface area (Å²) in [5.74, 6) is -1.04. The standard InChI is InChI=1S/C6H7ClO4/c1-4(8)2-6(10)11-3-5(7)9/h2-3H2,1H3. The van der Waals surface area contributed by atoms with Crippen LogP contribution in [0.2, 0.25) is 0 Å². The maximum Gasteiger partial charge on any atom is 0.313 e. The van der Waals surface area contributed by atoms with Gasteiger partial charge < -0.3 is 4.74 Å². The molecule has 62 valence electrons. The molecule has 0 atom stereocenters. The fraction of sp³-hybridized carbons (Fsp3) is 0.500. The predicted octanol–water partition coefficient (Wildman–Crippen LogP) is 0.274. The van der Waals surface area contributed by atoms with Gasteiger partial charge in [0.05, 0.1) is 0 Å². The SMILES string of the molecule is CC(=O)CC(=O)OCC(=O)Cl. The van der Waals surface area contributed by atoms with Crippen molar-refractivity contribution in [3.8, 4) is 0 Å². The Morgan fingerprint density at radius 3 is 2.27 bits per heavy atom. The van der Waals surface area contributed by atoms with E-state index in [4.69, 9.17) is 11.6 Å². The average molecular weight is 179 g/mol. The first-order chi connectivity index (χ1) is 5.02. The molecular weight excluding hydrogens is 172 g/mol. The van der Waals surface area contributed by atoms with Crippen molar-refractivity contribution in [1.29, 1.82) is 0 Å². The topological polar surface area (TPSA) is 60.4 Å². The van der Waals surface area contributed by atoms with E-state index in [2.05, 4.69) is 4.74 Å². The summed E-state index contributed by atoms with van der Waals surface area (Å²) >= 11 is 4.86. The van der Waals surface area contributed by atoms with Gasteiger partial charge in [0.25, 0.3) is 5.24 Å². The van der Waals surface area contributed by atoms with Crippen molar-refractivity contribution in [1.82, 2.24) is 0 Å². The molecule has 0 aliphatic heterocycles. The van der Waals surface area contributed by atoms with Crippen molar-refractivity contribution in [2.24, 2.45) is 0 Å². The number of carbonyl (C=O) groups excluding carboxylic acids is 3. The first-order valence-electron chi connectivity index (χ1n) is 2.85. The van der Waals surface area contributed by atoms with Gasteiger partial charge in [-0.05, 0) is 18.5 Å². The van der Waals surface area contributed by atoms with Gasteiger partial charge in [-0.25, -0.2) is 0 Å². The lowest BCUT2D eigenvalue weighted by molar-refractivity contribution is -0.148. The zero-order valence-electron chi connectivity index (χ0n) is 5.93. The van der Waals surface area contributed by atoms with Crippen molar-refractivity contribution < 1.29 is 19.1 Å². The third-order valence-electron chi connectivity index (χ3n) is 0.740. The summed E-state index contributed by atoms with van der Waals surface area (Å²) in [5, 5.41) is -0.762. The van der Waals surface area contributed by atoms with Gasteiger partial charge >= 0.3 is 5.97 Å². The molecule has 0 aromatic carbocycles. The van der Waals surface area contributed by atoms with Crippen molar-refractivity contribution in [2.75, 3.05) is 6.61 Å². The highest BCUT2D eigenvalue weighted by molar-refractivity contribution is 6.64. The molecule has 11 heavy (non-hydrogen) atoms. The van der Waals surface area contributed by atoms with E-state index in [1.54, 1.807) is 0 Å². The van der Waals surface area contributed by atoms with Gasteiger partial charge in [-0.3, -0.25) is 14.4 Å². The monoisotopic (exact) mass is 178 g/mol. The molecule has 0 radical (unpaired) electrons. The van der Waals surface area contributed by atoms with E-state index in [9.17, 15) is 14.4 Å². The smallest absolute Gasteiger partial charge is 0.313 e. The second-order valence-corrected chi connectivity index (χ2v) is 2.32. The third kappa shape index (κ3) is 6.99. The summed E-state index contributed by atoms with van der Waals surface area (Å²) in [6, 6.07) is 0. The molecule has 0 saturated heterocycles. The zero-order valence-corrected chi connectivity index (χ0v) is 6.68. The molecule has 0 heterocycles. The van der Waals surface area contributed by atoms with E-state index in [0.29, 0.717) is 0 Å². The number of Topliss-reactive ketones (excluding diaryl/α,β-unsaturated/α-hetero) is 1. The van der Waals surface area contributed by atoms with Crippen molar-refractivity contribution >= 4 is 28.6 Å². The molecule has 0 aromatic rings. The van der Waals surface area contributed by atoms with Crippen LogP contribution in [0.5, 0.6) is 0 Å². The minimum absolute atomic E-state index is 0.308. The molecule has 0 rings (SSSR count). The summed E-state index contributed by atoms with van der Waals surface area (Å²) in [6.07, 6.45) is -0.315. The Kier molecular flexibility index (Phi) is 4.45. The maximum absolute atomic E-state index is 10.5. The molecule has 0 fully saturated rings. The van der Waals surface area contributed by atoms with Gasteiger partial charge in [0.15, 0.2) is 6.61 Å². The lowest BCUT2D eigenvalue weighted by Gasteiger charge is -1.97. The van der Waals surface area contributed by atoms with Crippen LogP contribution in [0.15, 0.2) is 0 Å². The number of hydrogen-bond acceptors (Lipinski definition) is 4. The van der Waals surface area contributed by atoms with E-state index >= 15 is 0 Å². The number of hydrogen-bond donors (Lipinski definition) is 0. The molecule has 0 aliphatic rings. The predicted molar refractivity (Wildman–Crippen MR) is 37.1 cm³/mol. The van der Waals surface area contributed by atoms with E-state index in [1.165, 1.54) is 6.92 Å². The lowest BCUT2D eigenvalue weighted by atomic mass is 10.3. The number of ether oxygens (including phenoxy) is 1. The van der Waals surface area contributed by atoms with Crippen LogP contribution in [0, 0.1) is 0 Å². The molecular formula is C6H7ClO4. The molecule has 0 saturated carbocycles. The third-order valence-corrected chi connectivity index (χ3v) is 0.849. The van der Waals surface area contributed by atoms with Crippen LogP contribution in [0.25, 0.3) is 0 Å². The van der Waals surface area contributed by atoms with Crippen LogP contribution in [0.3, 0.4) is 0 Å². The van der Waals surface area contributed by atoms with Gasteiger partial charge in [-0.15, -0.1) is 0 Å². The molecule has 0 amide bonds. The number of halogens is 1. The molecule has 5 heteroatoms. The van der Waals surface area contributed by atoms with E-state index in [-0.39, 0.29) is 12.2 Å². The van der Waals surface area contributed by atoms with Gasteiger partial charge in [-0.2, -0.15) is 0 Å². The Balaban J connectivity index is 3.53. The minimum Gasteiger partial charge on any atom is -0.456 e. The molecule has 0 aliphatic carbocycles. The normalized spacial score (nSPS) is 8.91. The van der Waals surface area contributed by atoms with Crippen molar-refractivity contribution in [3.63, 3.8) is 0 Å². The average Bonchev–Trinajstić information content (AvgIpc) is 1.82. The Labute approximate surface area is 68.5 Å². The Hall–Kier alpha value is -0.900. The van der Waals surface area contributed by atoms with Crippen LogP contribution in [-0.4, -0.2) is 23.6 Å². The van der Waals surface area contributed by atoms with Gasteiger partial charge in [0, 0.05) is 0 Å². The number of carbonyl (C=O) groups is 3. The second-order valence-electron chi connectivity index (χ2n) is 1.89. The van der Waals surface area contributed by atoms with Crippen LogP contribution in [0.1, 0.15) is 13.3 Å². The molecule has 0 N–H and O–H groups in total. The molecule has 0 spiro atoms. The highest BCUT2D eigenvalue weighted by atomic mass is 35.5. The summed E-state index contributed by atoms with van der Waals surface area (Å²) in [7, 11) is 0. The summed E-state index contributed by atoms with van der Waals surface area (Å²) in [4.78, 5) is 30.8. The fourth-order valence-corrected chi connectivity index (χ4v) is 0.446. The molecule has 0 unspecified atom stereocenters. The highest BCUT2D eigenvalue weighted by Crippen LogP contribution is 1.89. The van der Waals surface area contributed by atoms with Gasteiger partial charge in [-0.1, -0.05) is 0 Å². The Morgan fingerprint density at radius 2 is 1.91 bits per heavy atom. The van der Waals surface area contributed by atoms with Gasteiger partial charge in [0.2, 0.25) is 0 Å².